The van der Waals surface area contributed by atoms with E-state index < -0.39 is 0 Å². The van der Waals surface area contributed by atoms with Crippen molar-refractivity contribution in [3.8, 4) is 0 Å². The van der Waals surface area contributed by atoms with Crippen LogP contribution in [0.1, 0.15) is 53.1 Å². The molecule has 5 nitrogen and oxygen atoms in total. The Hall–Kier alpha value is -2.14. The zero-order valence-electron chi connectivity index (χ0n) is 16.7. The van der Waals surface area contributed by atoms with Gasteiger partial charge >= 0.3 is 0 Å². The number of hydrogen-bond acceptors (Lipinski definition) is 3. The van der Waals surface area contributed by atoms with E-state index in [9.17, 15) is 4.79 Å². The van der Waals surface area contributed by atoms with Gasteiger partial charge in [0.25, 0.3) is 5.91 Å². The molecule has 1 aromatic carbocycles. The molecule has 4 rings (SSSR count). The minimum atomic E-state index is 0.0888. The average Bonchev–Trinajstić information content (AvgIpc) is 3.01. The maximum atomic E-state index is 13.3. The lowest BCUT2D eigenvalue weighted by atomic mass is 9.90. The van der Waals surface area contributed by atoms with E-state index in [2.05, 4.69) is 48.5 Å². The lowest BCUT2D eigenvalue weighted by molar-refractivity contribution is 0.0726. The van der Waals surface area contributed by atoms with Crippen LogP contribution in [0.25, 0.3) is 0 Å². The van der Waals surface area contributed by atoms with E-state index in [0.717, 1.165) is 44.3 Å². The van der Waals surface area contributed by atoms with Crippen molar-refractivity contribution in [2.45, 2.75) is 52.1 Å². The van der Waals surface area contributed by atoms with Crippen LogP contribution >= 0.6 is 0 Å². The molecule has 1 aliphatic carbocycles. The first kappa shape index (κ1) is 18.2. The van der Waals surface area contributed by atoms with Crippen molar-refractivity contribution >= 4 is 5.91 Å². The summed E-state index contributed by atoms with van der Waals surface area (Å²) >= 11 is 0. The molecule has 2 aromatic rings. The quantitative estimate of drug-likeness (QED) is 0.905. The van der Waals surface area contributed by atoms with E-state index >= 15 is 0 Å². The summed E-state index contributed by atoms with van der Waals surface area (Å²) in [5, 5.41) is 8.32. The summed E-state index contributed by atoms with van der Waals surface area (Å²) in [7, 11) is 1.98. The molecule has 1 amide bonds. The van der Waals surface area contributed by atoms with Gasteiger partial charge in [0.1, 0.15) is 0 Å². The Balaban J connectivity index is 1.54. The summed E-state index contributed by atoms with van der Waals surface area (Å²) in [4.78, 5) is 15.3. The van der Waals surface area contributed by atoms with Crippen LogP contribution in [-0.2, 0) is 32.9 Å². The number of amides is 1. The summed E-state index contributed by atoms with van der Waals surface area (Å²) in [5.74, 6) is 0.723. The van der Waals surface area contributed by atoms with Crippen LogP contribution in [0, 0.1) is 5.92 Å². The van der Waals surface area contributed by atoms with Crippen LogP contribution in [0.15, 0.2) is 24.3 Å². The van der Waals surface area contributed by atoms with E-state index in [1.54, 1.807) is 0 Å². The van der Waals surface area contributed by atoms with Crippen molar-refractivity contribution in [1.82, 2.24) is 20.0 Å². The number of nitrogens with zero attached hydrogens (tertiary/aromatic N) is 3. The molecule has 0 saturated heterocycles. The van der Waals surface area contributed by atoms with Crippen LogP contribution < -0.4 is 5.32 Å². The van der Waals surface area contributed by atoms with Crippen molar-refractivity contribution in [2.24, 2.45) is 13.0 Å². The zero-order valence-corrected chi connectivity index (χ0v) is 16.7. The van der Waals surface area contributed by atoms with E-state index in [1.165, 1.54) is 16.8 Å². The van der Waals surface area contributed by atoms with Gasteiger partial charge in [-0.15, -0.1) is 0 Å². The molecule has 1 aliphatic heterocycles. The Kier molecular flexibility index (Phi) is 5.04. The van der Waals surface area contributed by atoms with Crippen LogP contribution in [0.4, 0.5) is 0 Å². The summed E-state index contributed by atoms with van der Waals surface area (Å²) < 4.78 is 1.93. The predicted molar refractivity (Wildman–Crippen MR) is 107 cm³/mol. The average molecular weight is 367 g/mol. The summed E-state index contributed by atoms with van der Waals surface area (Å²) in [6.07, 6.45) is 3.94. The van der Waals surface area contributed by atoms with Gasteiger partial charge in [0, 0.05) is 37.4 Å². The van der Waals surface area contributed by atoms with Crippen LogP contribution in [-0.4, -0.2) is 39.7 Å². The molecule has 0 bridgehead atoms. The van der Waals surface area contributed by atoms with Gasteiger partial charge in [-0.1, -0.05) is 38.1 Å². The maximum Gasteiger partial charge on any atom is 0.274 e. The molecule has 144 valence electrons. The molecule has 0 spiro atoms. The minimum absolute atomic E-state index is 0.0888. The second-order valence-electron chi connectivity index (χ2n) is 8.38. The number of rotatable bonds is 4. The van der Waals surface area contributed by atoms with Gasteiger partial charge in [0.05, 0.1) is 0 Å². The highest BCUT2D eigenvalue weighted by atomic mass is 16.2. The highest BCUT2D eigenvalue weighted by molar-refractivity contribution is 5.94. The number of benzene rings is 1. The third-order valence-electron chi connectivity index (χ3n) is 5.89. The van der Waals surface area contributed by atoms with E-state index in [-0.39, 0.29) is 5.91 Å². The van der Waals surface area contributed by atoms with E-state index in [0.29, 0.717) is 24.2 Å². The number of carbonyl (C=O) groups is 1. The SMILES string of the molecule is CC(C)CN[C@@H]1CCc2c(c(C(=O)N3CCc4ccccc4C3)nn2C)C1. The molecule has 27 heavy (non-hydrogen) atoms. The summed E-state index contributed by atoms with van der Waals surface area (Å²) in [6.45, 7) is 6.95. The molecule has 1 aromatic heterocycles. The number of carbonyl (C=O) groups excluding carboxylic acids is 1. The monoisotopic (exact) mass is 366 g/mol. The smallest absolute Gasteiger partial charge is 0.274 e. The van der Waals surface area contributed by atoms with Gasteiger partial charge in [0.2, 0.25) is 0 Å². The number of nitrogens with one attached hydrogen (secondary N) is 1. The van der Waals surface area contributed by atoms with Crippen LogP contribution in [0.5, 0.6) is 0 Å². The first-order chi connectivity index (χ1) is 13.0. The van der Waals surface area contributed by atoms with Crippen molar-refractivity contribution < 1.29 is 4.79 Å². The Labute approximate surface area is 161 Å². The highest BCUT2D eigenvalue weighted by Gasteiger charge is 2.31. The molecule has 0 saturated carbocycles. The van der Waals surface area contributed by atoms with Gasteiger partial charge in [0.15, 0.2) is 5.69 Å². The number of fused-ring (bicyclic) bond motifs is 2. The summed E-state index contributed by atoms with van der Waals surface area (Å²) in [6, 6.07) is 8.88. The van der Waals surface area contributed by atoms with Gasteiger partial charge < -0.3 is 10.2 Å². The van der Waals surface area contributed by atoms with Crippen LogP contribution in [0.3, 0.4) is 0 Å². The number of aromatic nitrogens is 2. The Morgan fingerprint density at radius 1 is 1.26 bits per heavy atom. The maximum absolute atomic E-state index is 13.3. The molecular formula is C22H30N4O. The minimum Gasteiger partial charge on any atom is -0.333 e. The lowest BCUT2D eigenvalue weighted by Crippen LogP contribution is -2.39. The predicted octanol–water partition coefficient (Wildman–Crippen LogP) is 2.72. The summed E-state index contributed by atoms with van der Waals surface area (Å²) in [5.41, 5.74) is 5.69. The fourth-order valence-corrected chi connectivity index (χ4v) is 4.36. The fraction of sp³-hybridized carbons (Fsp3) is 0.545. The lowest BCUT2D eigenvalue weighted by Gasteiger charge is -2.29. The van der Waals surface area contributed by atoms with Crippen molar-refractivity contribution in [3.05, 3.63) is 52.3 Å². The second kappa shape index (κ2) is 7.47. The third kappa shape index (κ3) is 3.65. The molecule has 5 heteroatoms. The molecule has 1 N–H and O–H groups in total. The zero-order chi connectivity index (χ0) is 19.0. The van der Waals surface area contributed by atoms with Crippen molar-refractivity contribution in [3.63, 3.8) is 0 Å². The van der Waals surface area contributed by atoms with E-state index in [4.69, 9.17) is 0 Å². The Morgan fingerprint density at radius 2 is 2.04 bits per heavy atom. The third-order valence-corrected chi connectivity index (χ3v) is 5.89. The van der Waals surface area contributed by atoms with Crippen LogP contribution in [0.2, 0.25) is 0 Å². The molecule has 0 unspecified atom stereocenters. The topological polar surface area (TPSA) is 50.2 Å². The van der Waals surface area contributed by atoms with Gasteiger partial charge in [-0.2, -0.15) is 5.10 Å². The largest absolute Gasteiger partial charge is 0.333 e. The molecule has 0 radical (unpaired) electrons. The van der Waals surface area contributed by atoms with Gasteiger partial charge in [-0.05, 0) is 49.3 Å². The number of aryl methyl sites for hydroxylation is 1. The molecule has 1 atom stereocenters. The second-order valence-corrected chi connectivity index (χ2v) is 8.38. The Bertz CT molecular complexity index is 839. The molecular weight excluding hydrogens is 336 g/mol. The molecule has 0 fully saturated rings. The van der Waals surface area contributed by atoms with Crippen molar-refractivity contribution in [1.29, 1.82) is 0 Å². The first-order valence-electron chi connectivity index (χ1n) is 10.2. The van der Waals surface area contributed by atoms with Gasteiger partial charge in [-0.3, -0.25) is 9.48 Å². The number of hydrogen-bond donors (Lipinski definition) is 1. The van der Waals surface area contributed by atoms with E-state index in [1.807, 2.05) is 16.6 Å². The Morgan fingerprint density at radius 3 is 2.81 bits per heavy atom. The highest BCUT2D eigenvalue weighted by Crippen LogP contribution is 2.27. The first-order valence-corrected chi connectivity index (χ1v) is 10.2. The standard InChI is InChI=1S/C22H30N4O/c1-15(2)13-23-18-8-9-20-19(12-18)21(24-25(20)3)22(27)26-11-10-16-6-4-5-7-17(16)14-26/h4-7,15,18,23H,8-14H2,1-3H3/t18-/m1/s1. The fourth-order valence-electron chi connectivity index (χ4n) is 4.36. The molecule has 2 heterocycles. The van der Waals surface area contributed by atoms with Crippen molar-refractivity contribution in [2.75, 3.05) is 13.1 Å². The normalized spacial score (nSPS) is 19.1. The van der Waals surface area contributed by atoms with Gasteiger partial charge in [-0.25, -0.2) is 0 Å². The molecule has 2 aliphatic rings.